The molecule has 1 amide bonds. The first kappa shape index (κ1) is 17.9. The molecule has 30 heavy (non-hydrogen) atoms. The van der Waals surface area contributed by atoms with Gasteiger partial charge in [-0.15, -0.1) is 0 Å². The Labute approximate surface area is 170 Å². The Hall–Kier alpha value is -4.20. The molecular formula is C22H15NO7. The van der Waals surface area contributed by atoms with Crippen LogP contribution in [0.2, 0.25) is 0 Å². The molecule has 0 saturated heterocycles. The van der Waals surface area contributed by atoms with E-state index in [1.54, 1.807) is 36.4 Å². The number of carbonyl (C=O) groups excluding carboxylic acids is 1. The van der Waals surface area contributed by atoms with Gasteiger partial charge in [0.25, 0.3) is 5.91 Å². The van der Waals surface area contributed by atoms with Gasteiger partial charge in [-0.1, -0.05) is 12.1 Å². The van der Waals surface area contributed by atoms with Gasteiger partial charge in [-0.2, -0.15) is 0 Å². The van der Waals surface area contributed by atoms with Crippen molar-refractivity contribution in [3.8, 4) is 34.1 Å². The number of hydrogen-bond acceptors (Lipinski definition) is 6. The number of rotatable bonds is 4. The van der Waals surface area contributed by atoms with Crippen LogP contribution in [0.25, 0.3) is 11.1 Å². The zero-order valence-electron chi connectivity index (χ0n) is 15.5. The second-order valence-electron chi connectivity index (χ2n) is 6.66. The highest BCUT2D eigenvalue weighted by Gasteiger charge is 2.20. The lowest BCUT2D eigenvalue weighted by Gasteiger charge is -2.12. The van der Waals surface area contributed by atoms with E-state index in [1.165, 1.54) is 6.07 Å². The SMILES string of the molecule is O=C(Nc1cc(-c2ccc3c(c2)OCO3)ccc1C(=O)O)c1ccc2c(c1)OCO2. The first-order valence-electron chi connectivity index (χ1n) is 9.07. The van der Waals surface area contributed by atoms with E-state index >= 15 is 0 Å². The van der Waals surface area contributed by atoms with Crippen LogP contribution in [0.5, 0.6) is 23.0 Å². The Morgan fingerprint density at radius 2 is 1.33 bits per heavy atom. The third-order valence-electron chi connectivity index (χ3n) is 4.84. The van der Waals surface area contributed by atoms with Gasteiger partial charge >= 0.3 is 5.97 Å². The van der Waals surface area contributed by atoms with Crippen LogP contribution in [-0.2, 0) is 0 Å². The summed E-state index contributed by atoms with van der Waals surface area (Å²) >= 11 is 0. The number of amides is 1. The minimum atomic E-state index is -1.15. The largest absolute Gasteiger partial charge is 0.478 e. The third-order valence-corrected chi connectivity index (χ3v) is 4.84. The number of carbonyl (C=O) groups is 2. The fourth-order valence-electron chi connectivity index (χ4n) is 3.32. The number of anilines is 1. The summed E-state index contributed by atoms with van der Waals surface area (Å²) in [7, 11) is 0. The van der Waals surface area contributed by atoms with Gasteiger partial charge in [0.2, 0.25) is 13.6 Å². The van der Waals surface area contributed by atoms with Crippen LogP contribution in [-0.4, -0.2) is 30.6 Å². The van der Waals surface area contributed by atoms with Gasteiger partial charge in [-0.25, -0.2) is 4.79 Å². The number of benzene rings is 3. The van der Waals surface area contributed by atoms with Gasteiger partial charge in [0, 0.05) is 5.56 Å². The van der Waals surface area contributed by atoms with Crippen molar-refractivity contribution in [3.63, 3.8) is 0 Å². The monoisotopic (exact) mass is 405 g/mol. The molecule has 5 rings (SSSR count). The molecule has 2 aliphatic rings. The summed E-state index contributed by atoms with van der Waals surface area (Å²) < 4.78 is 21.3. The molecule has 3 aromatic rings. The maximum absolute atomic E-state index is 12.8. The van der Waals surface area contributed by atoms with E-state index in [0.29, 0.717) is 28.6 Å². The van der Waals surface area contributed by atoms with E-state index in [4.69, 9.17) is 18.9 Å². The van der Waals surface area contributed by atoms with Crippen molar-refractivity contribution >= 4 is 17.6 Å². The molecule has 0 aliphatic carbocycles. The average Bonchev–Trinajstić information content (AvgIpc) is 3.41. The molecule has 0 unspecified atom stereocenters. The zero-order valence-corrected chi connectivity index (χ0v) is 15.5. The molecule has 2 N–H and O–H groups in total. The summed E-state index contributed by atoms with van der Waals surface area (Å²) in [5.41, 5.74) is 2.01. The van der Waals surface area contributed by atoms with E-state index in [-0.39, 0.29) is 24.8 Å². The maximum atomic E-state index is 12.8. The molecule has 0 aromatic heterocycles. The lowest BCUT2D eigenvalue weighted by Crippen LogP contribution is -2.15. The number of aromatic carboxylic acids is 1. The number of carboxylic acid groups (broad SMARTS) is 1. The van der Waals surface area contributed by atoms with E-state index in [2.05, 4.69) is 5.32 Å². The molecule has 8 nitrogen and oxygen atoms in total. The zero-order chi connectivity index (χ0) is 20.7. The Kier molecular flexibility index (Phi) is 4.17. The fourth-order valence-corrected chi connectivity index (χ4v) is 3.32. The number of carboxylic acids is 1. The van der Waals surface area contributed by atoms with E-state index in [0.717, 1.165) is 11.1 Å². The van der Waals surface area contributed by atoms with Crippen LogP contribution in [0, 0.1) is 0 Å². The van der Waals surface area contributed by atoms with Crippen molar-refractivity contribution in [2.24, 2.45) is 0 Å². The van der Waals surface area contributed by atoms with E-state index in [9.17, 15) is 14.7 Å². The summed E-state index contributed by atoms with van der Waals surface area (Å²) in [4.78, 5) is 24.4. The van der Waals surface area contributed by atoms with Crippen LogP contribution in [0.15, 0.2) is 54.6 Å². The van der Waals surface area contributed by atoms with E-state index < -0.39 is 11.9 Å². The minimum absolute atomic E-state index is 0.0198. The second-order valence-corrected chi connectivity index (χ2v) is 6.66. The summed E-state index contributed by atoms with van der Waals surface area (Å²) in [5.74, 6) is 0.683. The highest BCUT2D eigenvalue weighted by atomic mass is 16.7. The topological polar surface area (TPSA) is 103 Å². The second kappa shape index (κ2) is 7.00. The van der Waals surface area contributed by atoms with Gasteiger partial charge in [-0.05, 0) is 53.6 Å². The smallest absolute Gasteiger partial charge is 0.337 e. The highest BCUT2D eigenvalue weighted by Crippen LogP contribution is 2.37. The van der Waals surface area contributed by atoms with Crippen LogP contribution in [0.1, 0.15) is 20.7 Å². The number of hydrogen-bond donors (Lipinski definition) is 2. The van der Waals surface area contributed by atoms with Gasteiger partial charge in [0.05, 0.1) is 11.3 Å². The molecule has 0 atom stereocenters. The predicted octanol–water partition coefficient (Wildman–Crippen LogP) is 3.76. The van der Waals surface area contributed by atoms with Crippen LogP contribution in [0.3, 0.4) is 0 Å². The first-order chi connectivity index (χ1) is 14.6. The van der Waals surface area contributed by atoms with Crippen molar-refractivity contribution in [2.45, 2.75) is 0 Å². The highest BCUT2D eigenvalue weighted by molar-refractivity contribution is 6.08. The quantitative estimate of drug-likeness (QED) is 0.681. The molecule has 3 aromatic carbocycles. The molecular weight excluding hydrogens is 390 g/mol. The van der Waals surface area contributed by atoms with Crippen LogP contribution in [0.4, 0.5) is 5.69 Å². The molecule has 0 saturated carbocycles. The van der Waals surface area contributed by atoms with Crippen molar-refractivity contribution in [2.75, 3.05) is 18.9 Å². The van der Waals surface area contributed by atoms with E-state index in [1.807, 2.05) is 12.1 Å². The summed E-state index contributed by atoms with van der Waals surface area (Å²) in [5, 5.41) is 12.2. The first-order valence-corrected chi connectivity index (χ1v) is 9.07. The summed E-state index contributed by atoms with van der Waals surface area (Å²) in [6.07, 6.45) is 0. The number of nitrogens with one attached hydrogen (secondary N) is 1. The average molecular weight is 405 g/mol. The van der Waals surface area contributed by atoms with Crippen molar-refractivity contribution in [3.05, 3.63) is 65.7 Å². The molecule has 2 aliphatic heterocycles. The van der Waals surface area contributed by atoms with Crippen molar-refractivity contribution < 1.29 is 33.6 Å². The number of fused-ring (bicyclic) bond motifs is 2. The Balaban J connectivity index is 1.48. The minimum Gasteiger partial charge on any atom is -0.478 e. The lowest BCUT2D eigenvalue weighted by molar-refractivity contribution is 0.0698. The molecule has 150 valence electrons. The standard InChI is InChI=1S/C22H15NO7/c24-21(14-3-6-18-20(9-14)30-11-28-18)23-16-7-12(1-4-15(16)22(25)26)13-2-5-17-19(8-13)29-10-27-17/h1-9H,10-11H2,(H,23,24)(H,25,26). The van der Waals surface area contributed by atoms with Gasteiger partial charge < -0.3 is 29.4 Å². The molecule has 0 bridgehead atoms. The lowest BCUT2D eigenvalue weighted by atomic mass is 10.0. The predicted molar refractivity (Wildman–Crippen MR) is 105 cm³/mol. The Bertz CT molecular complexity index is 1190. The number of ether oxygens (including phenoxy) is 4. The third kappa shape index (κ3) is 3.14. The van der Waals surface area contributed by atoms with Crippen LogP contribution < -0.4 is 24.3 Å². The van der Waals surface area contributed by atoms with Crippen molar-refractivity contribution in [1.82, 2.24) is 0 Å². The van der Waals surface area contributed by atoms with Gasteiger partial charge in [0.15, 0.2) is 23.0 Å². The van der Waals surface area contributed by atoms with Gasteiger partial charge in [-0.3, -0.25) is 4.79 Å². The normalized spacial score (nSPS) is 13.2. The molecule has 8 heteroatoms. The Morgan fingerprint density at radius 1 is 0.733 bits per heavy atom. The fraction of sp³-hybridized carbons (Fsp3) is 0.0909. The van der Waals surface area contributed by atoms with Crippen LogP contribution >= 0.6 is 0 Å². The Morgan fingerprint density at radius 3 is 2.07 bits per heavy atom. The molecule has 0 fully saturated rings. The molecule has 0 spiro atoms. The van der Waals surface area contributed by atoms with Crippen molar-refractivity contribution in [1.29, 1.82) is 0 Å². The summed E-state index contributed by atoms with van der Waals surface area (Å²) in [6, 6.07) is 15.0. The van der Waals surface area contributed by atoms with Gasteiger partial charge in [0.1, 0.15) is 0 Å². The molecule has 2 heterocycles. The maximum Gasteiger partial charge on any atom is 0.337 e. The summed E-state index contributed by atoms with van der Waals surface area (Å²) in [6.45, 7) is 0.259. The molecule has 0 radical (unpaired) electrons.